The number of allylic oxidation sites excluding steroid dienone is 1. The summed E-state index contributed by atoms with van der Waals surface area (Å²) in [6.45, 7) is 11.7. The third kappa shape index (κ3) is 2.17. The molecule has 2 heteroatoms. The Morgan fingerprint density at radius 3 is 2.58 bits per heavy atom. The number of carbonyl (C=O) groups excluding carboxylic acids is 2. The Morgan fingerprint density at radius 1 is 1.15 bits per heavy atom. The summed E-state index contributed by atoms with van der Waals surface area (Å²) in [7, 11) is 0. The molecular formula is C24H36O2. The summed E-state index contributed by atoms with van der Waals surface area (Å²) in [5.41, 5.74) is 1.68. The van der Waals surface area contributed by atoms with Crippen molar-refractivity contribution >= 4 is 11.6 Å². The predicted octanol–water partition coefficient (Wildman–Crippen LogP) is 5.75. The second-order valence-electron chi connectivity index (χ2n) is 10.6. The molecule has 26 heavy (non-hydrogen) atoms. The monoisotopic (exact) mass is 356 g/mol. The van der Waals surface area contributed by atoms with Crippen LogP contribution < -0.4 is 0 Å². The topological polar surface area (TPSA) is 34.1 Å². The number of ketones is 2. The van der Waals surface area contributed by atoms with Gasteiger partial charge >= 0.3 is 0 Å². The molecule has 0 spiro atoms. The van der Waals surface area contributed by atoms with E-state index in [1.54, 1.807) is 0 Å². The molecule has 3 saturated carbocycles. The molecule has 4 rings (SSSR count). The third-order valence-electron chi connectivity index (χ3n) is 9.75. The van der Waals surface area contributed by atoms with Gasteiger partial charge in [0.2, 0.25) is 0 Å². The highest BCUT2D eigenvalue weighted by Crippen LogP contribution is 2.71. The standard InChI is InChI=1S/C24H36O2/c1-6-20(26)23(4)12-10-19-18-8-7-16-13-17(25)9-11-22(16,3)21(18)15(2)14-24(19,23)5/h13,15,18-19,21H,6-12,14H2,1-5H3/t15?,18-,19?,21?,22?,23+,24?/m0/s1. The molecule has 0 aromatic rings. The van der Waals surface area contributed by atoms with Gasteiger partial charge < -0.3 is 0 Å². The molecule has 0 radical (unpaired) electrons. The first-order valence-corrected chi connectivity index (χ1v) is 10.9. The molecule has 0 amide bonds. The SMILES string of the molecule is CCC(=O)[C@@]1(C)CCC2[C@@H]3CCC4=CC(=O)CCC4(C)C3C(C)CC21C. The number of hydrogen-bond acceptors (Lipinski definition) is 2. The van der Waals surface area contributed by atoms with Gasteiger partial charge in [-0.2, -0.15) is 0 Å². The van der Waals surface area contributed by atoms with Gasteiger partial charge in [0, 0.05) is 18.3 Å². The van der Waals surface area contributed by atoms with Gasteiger partial charge in [0.05, 0.1) is 0 Å². The number of Topliss-reactive ketones (excluding diaryl/α,β-unsaturated/α-hetero) is 1. The summed E-state index contributed by atoms with van der Waals surface area (Å²) >= 11 is 0. The van der Waals surface area contributed by atoms with Crippen LogP contribution in [-0.4, -0.2) is 11.6 Å². The zero-order valence-corrected chi connectivity index (χ0v) is 17.4. The summed E-state index contributed by atoms with van der Waals surface area (Å²) in [6.07, 6.45) is 10.2. The van der Waals surface area contributed by atoms with Crippen LogP contribution in [0.1, 0.15) is 86.0 Å². The average Bonchev–Trinajstić information content (AvgIpc) is 2.86. The van der Waals surface area contributed by atoms with Crippen molar-refractivity contribution in [2.75, 3.05) is 0 Å². The Kier molecular flexibility index (Phi) is 4.11. The van der Waals surface area contributed by atoms with Gasteiger partial charge in [0.15, 0.2) is 5.78 Å². The fourth-order valence-corrected chi connectivity index (χ4v) is 8.35. The first-order valence-electron chi connectivity index (χ1n) is 10.9. The number of rotatable bonds is 2. The Balaban J connectivity index is 1.74. The van der Waals surface area contributed by atoms with Crippen LogP contribution in [0.25, 0.3) is 0 Å². The maximum atomic E-state index is 12.9. The van der Waals surface area contributed by atoms with E-state index in [9.17, 15) is 9.59 Å². The van der Waals surface area contributed by atoms with Crippen molar-refractivity contribution in [1.29, 1.82) is 0 Å². The van der Waals surface area contributed by atoms with Gasteiger partial charge in [-0.05, 0) is 79.1 Å². The molecule has 4 aliphatic rings. The van der Waals surface area contributed by atoms with Gasteiger partial charge in [-0.1, -0.05) is 40.2 Å². The molecule has 0 aromatic carbocycles. The second-order valence-corrected chi connectivity index (χ2v) is 10.6. The lowest BCUT2D eigenvalue weighted by atomic mass is 9.42. The van der Waals surface area contributed by atoms with Crippen molar-refractivity contribution in [3.63, 3.8) is 0 Å². The third-order valence-corrected chi connectivity index (χ3v) is 9.75. The summed E-state index contributed by atoms with van der Waals surface area (Å²) in [6, 6.07) is 0. The van der Waals surface area contributed by atoms with Crippen molar-refractivity contribution in [3.8, 4) is 0 Å². The van der Waals surface area contributed by atoms with E-state index < -0.39 is 0 Å². The van der Waals surface area contributed by atoms with Gasteiger partial charge in [-0.3, -0.25) is 9.59 Å². The van der Waals surface area contributed by atoms with Gasteiger partial charge in [-0.15, -0.1) is 0 Å². The Hall–Kier alpha value is -0.920. The van der Waals surface area contributed by atoms with Crippen molar-refractivity contribution in [1.82, 2.24) is 0 Å². The fraction of sp³-hybridized carbons (Fsp3) is 0.833. The molecule has 0 bridgehead atoms. The summed E-state index contributed by atoms with van der Waals surface area (Å²) in [4.78, 5) is 25.0. The molecule has 144 valence electrons. The molecule has 0 saturated heterocycles. The lowest BCUT2D eigenvalue weighted by Gasteiger charge is -2.61. The number of fused-ring (bicyclic) bond motifs is 5. The van der Waals surface area contributed by atoms with Crippen LogP contribution in [0.4, 0.5) is 0 Å². The molecule has 2 nitrogen and oxygen atoms in total. The minimum absolute atomic E-state index is 0.134. The van der Waals surface area contributed by atoms with Crippen molar-refractivity contribution in [2.45, 2.75) is 86.0 Å². The number of carbonyl (C=O) groups is 2. The van der Waals surface area contributed by atoms with E-state index in [1.165, 1.54) is 24.8 Å². The van der Waals surface area contributed by atoms with Crippen molar-refractivity contribution in [3.05, 3.63) is 11.6 Å². The van der Waals surface area contributed by atoms with Crippen molar-refractivity contribution in [2.24, 2.45) is 39.9 Å². The Morgan fingerprint density at radius 2 is 1.88 bits per heavy atom. The van der Waals surface area contributed by atoms with E-state index >= 15 is 0 Å². The Labute approximate surface area is 159 Å². The lowest BCUT2D eigenvalue weighted by Crippen LogP contribution is -2.56. The van der Waals surface area contributed by atoms with Gasteiger partial charge in [0.1, 0.15) is 5.78 Å². The first-order chi connectivity index (χ1) is 12.2. The van der Waals surface area contributed by atoms with E-state index in [-0.39, 0.29) is 16.2 Å². The fourth-order valence-electron chi connectivity index (χ4n) is 8.35. The molecule has 4 aliphatic carbocycles. The van der Waals surface area contributed by atoms with Crippen LogP contribution in [0.2, 0.25) is 0 Å². The highest BCUT2D eigenvalue weighted by molar-refractivity contribution is 5.91. The largest absolute Gasteiger partial charge is 0.299 e. The van der Waals surface area contributed by atoms with E-state index in [4.69, 9.17) is 0 Å². The minimum Gasteiger partial charge on any atom is -0.299 e. The number of hydrogen-bond donors (Lipinski definition) is 0. The Bertz CT molecular complexity index is 676. The van der Waals surface area contributed by atoms with Crippen molar-refractivity contribution < 1.29 is 9.59 Å². The zero-order chi connectivity index (χ0) is 18.9. The first kappa shape index (κ1) is 18.4. The molecule has 0 N–H and O–H groups in total. The highest BCUT2D eigenvalue weighted by atomic mass is 16.1. The molecular weight excluding hydrogens is 320 g/mol. The zero-order valence-electron chi connectivity index (χ0n) is 17.4. The molecule has 0 aliphatic heterocycles. The molecule has 0 heterocycles. The normalized spacial score (nSPS) is 50.5. The van der Waals surface area contributed by atoms with E-state index in [0.717, 1.165) is 31.6 Å². The van der Waals surface area contributed by atoms with Crippen LogP contribution in [0, 0.1) is 39.9 Å². The molecule has 7 atom stereocenters. The smallest absolute Gasteiger partial charge is 0.155 e. The quantitative estimate of drug-likeness (QED) is 0.631. The van der Waals surface area contributed by atoms with E-state index in [1.807, 2.05) is 13.0 Å². The minimum atomic E-state index is -0.134. The summed E-state index contributed by atoms with van der Waals surface area (Å²) < 4.78 is 0. The van der Waals surface area contributed by atoms with Gasteiger partial charge in [0.25, 0.3) is 0 Å². The van der Waals surface area contributed by atoms with E-state index in [2.05, 4.69) is 27.7 Å². The lowest BCUT2D eigenvalue weighted by molar-refractivity contribution is -0.146. The maximum absolute atomic E-state index is 12.9. The summed E-state index contributed by atoms with van der Waals surface area (Å²) in [5, 5.41) is 0. The van der Waals surface area contributed by atoms with Crippen LogP contribution in [-0.2, 0) is 9.59 Å². The molecule has 5 unspecified atom stereocenters. The van der Waals surface area contributed by atoms with Crippen LogP contribution in [0.15, 0.2) is 11.6 Å². The summed E-state index contributed by atoms with van der Waals surface area (Å²) in [5.74, 6) is 3.55. The second kappa shape index (κ2) is 5.79. The van der Waals surface area contributed by atoms with Crippen LogP contribution >= 0.6 is 0 Å². The maximum Gasteiger partial charge on any atom is 0.155 e. The molecule has 0 aromatic heterocycles. The van der Waals surface area contributed by atoms with E-state index in [0.29, 0.717) is 35.7 Å². The van der Waals surface area contributed by atoms with Crippen LogP contribution in [0.3, 0.4) is 0 Å². The van der Waals surface area contributed by atoms with Crippen LogP contribution in [0.5, 0.6) is 0 Å². The average molecular weight is 357 g/mol. The highest BCUT2D eigenvalue weighted by Gasteiger charge is 2.65. The predicted molar refractivity (Wildman–Crippen MR) is 105 cm³/mol. The van der Waals surface area contributed by atoms with Gasteiger partial charge in [-0.25, -0.2) is 0 Å². The molecule has 3 fully saturated rings.